The van der Waals surface area contributed by atoms with Crippen LogP contribution in [0.1, 0.15) is 18.1 Å². The Bertz CT molecular complexity index is 322. The standard InChI is InChI=1S/C13H16O2/c1-3-13(15,4-2)10-12(14)11-8-6-5-7-9-11/h3-9,12,14-15H,1-2,10H2. The Kier molecular flexibility index (Phi) is 3.83. The fraction of sp³-hybridized carbons (Fsp3) is 0.231. The molecule has 2 nitrogen and oxygen atoms in total. The van der Waals surface area contributed by atoms with Crippen molar-refractivity contribution in [3.8, 4) is 0 Å². The van der Waals surface area contributed by atoms with Crippen molar-refractivity contribution >= 4 is 0 Å². The molecule has 0 bridgehead atoms. The monoisotopic (exact) mass is 204 g/mol. The summed E-state index contributed by atoms with van der Waals surface area (Å²) in [5, 5.41) is 19.7. The van der Waals surface area contributed by atoms with Gasteiger partial charge in [-0.2, -0.15) is 0 Å². The lowest BCUT2D eigenvalue weighted by Gasteiger charge is -2.23. The topological polar surface area (TPSA) is 40.5 Å². The van der Waals surface area contributed by atoms with E-state index < -0.39 is 11.7 Å². The molecule has 0 spiro atoms. The van der Waals surface area contributed by atoms with Crippen molar-refractivity contribution in [1.82, 2.24) is 0 Å². The summed E-state index contributed by atoms with van der Waals surface area (Å²) in [6, 6.07) is 9.21. The lowest BCUT2D eigenvalue weighted by atomic mass is 9.93. The van der Waals surface area contributed by atoms with E-state index in [2.05, 4.69) is 13.2 Å². The zero-order chi connectivity index (χ0) is 11.3. The van der Waals surface area contributed by atoms with Gasteiger partial charge in [0.15, 0.2) is 0 Å². The third-order valence-corrected chi connectivity index (χ3v) is 2.41. The quantitative estimate of drug-likeness (QED) is 0.722. The van der Waals surface area contributed by atoms with E-state index in [0.717, 1.165) is 5.56 Å². The first-order valence-corrected chi connectivity index (χ1v) is 4.84. The first-order chi connectivity index (χ1) is 7.11. The lowest BCUT2D eigenvalue weighted by Crippen LogP contribution is -2.25. The van der Waals surface area contributed by atoms with Crippen molar-refractivity contribution in [2.75, 3.05) is 0 Å². The van der Waals surface area contributed by atoms with E-state index in [0.29, 0.717) is 0 Å². The average molecular weight is 204 g/mol. The van der Waals surface area contributed by atoms with E-state index in [9.17, 15) is 10.2 Å². The van der Waals surface area contributed by atoms with Gasteiger partial charge in [0, 0.05) is 6.42 Å². The average Bonchev–Trinajstić information content (AvgIpc) is 2.30. The van der Waals surface area contributed by atoms with E-state index in [1.807, 2.05) is 30.3 Å². The molecule has 0 heterocycles. The minimum absolute atomic E-state index is 0.171. The van der Waals surface area contributed by atoms with Gasteiger partial charge >= 0.3 is 0 Å². The summed E-state index contributed by atoms with van der Waals surface area (Å²) in [5.74, 6) is 0. The Balaban J connectivity index is 2.75. The minimum atomic E-state index is -1.21. The predicted molar refractivity (Wildman–Crippen MR) is 61.4 cm³/mol. The largest absolute Gasteiger partial charge is 0.388 e. The van der Waals surface area contributed by atoms with Crippen molar-refractivity contribution in [2.24, 2.45) is 0 Å². The van der Waals surface area contributed by atoms with Crippen molar-refractivity contribution in [3.05, 3.63) is 61.2 Å². The van der Waals surface area contributed by atoms with Crippen LogP contribution in [0.3, 0.4) is 0 Å². The van der Waals surface area contributed by atoms with E-state index in [-0.39, 0.29) is 6.42 Å². The molecule has 1 rings (SSSR count). The third-order valence-electron chi connectivity index (χ3n) is 2.41. The highest BCUT2D eigenvalue weighted by atomic mass is 16.3. The highest BCUT2D eigenvalue weighted by molar-refractivity contribution is 5.20. The van der Waals surface area contributed by atoms with Gasteiger partial charge in [0.25, 0.3) is 0 Å². The molecule has 1 atom stereocenters. The van der Waals surface area contributed by atoms with Crippen molar-refractivity contribution < 1.29 is 10.2 Å². The van der Waals surface area contributed by atoms with Gasteiger partial charge in [0.2, 0.25) is 0 Å². The second-order valence-electron chi connectivity index (χ2n) is 3.53. The maximum Gasteiger partial charge on any atom is 0.103 e. The maximum absolute atomic E-state index is 9.86. The molecular formula is C13H16O2. The molecule has 0 aliphatic carbocycles. The van der Waals surface area contributed by atoms with Crippen LogP contribution in [0.2, 0.25) is 0 Å². The Morgan fingerprint density at radius 3 is 2.20 bits per heavy atom. The van der Waals surface area contributed by atoms with Gasteiger partial charge in [-0.1, -0.05) is 55.6 Å². The molecule has 80 valence electrons. The zero-order valence-electron chi connectivity index (χ0n) is 8.63. The first-order valence-electron chi connectivity index (χ1n) is 4.84. The van der Waals surface area contributed by atoms with Crippen LogP contribution in [0.25, 0.3) is 0 Å². The lowest BCUT2D eigenvalue weighted by molar-refractivity contribution is 0.0600. The molecule has 15 heavy (non-hydrogen) atoms. The Morgan fingerprint density at radius 1 is 1.20 bits per heavy atom. The molecule has 1 unspecified atom stereocenters. The first kappa shape index (κ1) is 11.7. The van der Waals surface area contributed by atoms with Gasteiger partial charge in [0.1, 0.15) is 5.60 Å². The van der Waals surface area contributed by atoms with Crippen LogP contribution in [-0.2, 0) is 0 Å². The van der Waals surface area contributed by atoms with Crippen LogP contribution in [0, 0.1) is 0 Å². The molecule has 2 N–H and O–H groups in total. The van der Waals surface area contributed by atoms with Crippen LogP contribution < -0.4 is 0 Å². The molecule has 2 heteroatoms. The number of aliphatic hydroxyl groups excluding tert-OH is 1. The van der Waals surface area contributed by atoms with Crippen molar-refractivity contribution in [3.63, 3.8) is 0 Å². The molecular weight excluding hydrogens is 188 g/mol. The summed E-state index contributed by atoms with van der Waals surface area (Å²) in [6.07, 6.45) is 2.22. The number of benzene rings is 1. The maximum atomic E-state index is 9.86. The molecule has 0 saturated heterocycles. The zero-order valence-corrected chi connectivity index (χ0v) is 8.63. The Morgan fingerprint density at radius 2 is 1.73 bits per heavy atom. The van der Waals surface area contributed by atoms with Crippen LogP contribution >= 0.6 is 0 Å². The van der Waals surface area contributed by atoms with E-state index in [4.69, 9.17) is 0 Å². The van der Waals surface area contributed by atoms with Crippen LogP contribution in [-0.4, -0.2) is 15.8 Å². The normalized spacial score (nSPS) is 13.2. The van der Waals surface area contributed by atoms with Gasteiger partial charge in [0.05, 0.1) is 6.10 Å². The second-order valence-corrected chi connectivity index (χ2v) is 3.53. The van der Waals surface area contributed by atoms with Crippen molar-refractivity contribution in [2.45, 2.75) is 18.1 Å². The molecule has 0 amide bonds. The van der Waals surface area contributed by atoms with Gasteiger partial charge in [-0.15, -0.1) is 0 Å². The molecule has 1 aromatic rings. The van der Waals surface area contributed by atoms with Gasteiger partial charge in [-0.3, -0.25) is 0 Å². The fourth-order valence-electron chi connectivity index (χ4n) is 1.35. The third kappa shape index (κ3) is 3.05. The second kappa shape index (κ2) is 4.91. The SMILES string of the molecule is C=CC(O)(C=C)CC(O)c1ccccc1. The molecule has 1 aromatic carbocycles. The minimum Gasteiger partial charge on any atom is -0.388 e. The van der Waals surface area contributed by atoms with Crippen LogP contribution in [0.15, 0.2) is 55.6 Å². The molecule has 0 aromatic heterocycles. The number of aliphatic hydroxyl groups is 2. The molecule has 0 saturated carbocycles. The number of rotatable bonds is 5. The number of hydrogen-bond donors (Lipinski definition) is 2. The van der Waals surface area contributed by atoms with E-state index >= 15 is 0 Å². The van der Waals surface area contributed by atoms with Crippen LogP contribution in [0.5, 0.6) is 0 Å². The molecule has 0 aliphatic heterocycles. The van der Waals surface area contributed by atoms with Crippen molar-refractivity contribution in [1.29, 1.82) is 0 Å². The summed E-state index contributed by atoms with van der Waals surface area (Å²) in [7, 11) is 0. The summed E-state index contributed by atoms with van der Waals surface area (Å²) >= 11 is 0. The summed E-state index contributed by atoms with van der Waals surface area (Å²) in [4.78, 5) is 0. The van der Waals surface area contributed by atoms with Gasteiger partial charge in [-0.25, -0.2) is 0 Å². The Labute approximate surface area is 90.2 Å². The van der Waals surface area contributed by atoms with Gasteiger partial charge < -0.3 is 10.2 Å². The van der Waals surface area contributed by atoms with E-state index in [1.165, 1.54) is 12.2 Å². The van der Waals surface area contributed by atoms with E-state index in [1.54, 1.807) is 0 Å². The summed E-state index contributed by atoms with van der Waals surface area (Å²) in [5.41, 5.74) is -0.436. The van der Waals surface area contributed by atoms with Crippen LogP contribution in [0.4, 0.5) is 0 Å². The number of hydrogen-bond acceptors (Lipinski definition) is 2. The Hall–Kier alpha value is -1.38. The molecule has 0 aliphatic rings. The highest BCUT2D eigenvalue weighted by Crippen LogP contribution is 2.25. The highest BCUT2D eigenvalue weighted by Gasteiger charge is 2.23. The summed E-state index contributed by atoms with van der Waals surface area (Å²) in [6.45, 7) is 7.04. The predicted octanol–water partition coefficient (Wildman–Crippen LogP) is 2.21. The van der Waals surface area contributed by atoms with Gasteiger partial charge in [-0.05, 0) is 5.56 Å². The fourth-order valence-corrected chi connectivity index (χ4v) is 1.35. The summed E-state index contributed by atoms with van der Waals surface area (Å²) < 4.78 is 0. The smallest absolute Gasteiger partial charge is 0.103 e. The molecule has 0 fully saturated rings. The molecule has 0 radical (unpaired) electrons.